The highest BCUT2D eigenvalue weighted by Crippen LogP contribution is 2.25. The molecular weight excluding hydrogens is 364 g/mol. The van der Waals surface area contributed by atoms with Crippen molar-refractivity contribution in [2.75, 3.05) is 18.5 Å². The summed E-state index contributed by atoms with van der Waals surface area (Å²) in [4.78, 5) is 13.8. The average molecular weight is 391 g/mol. The van der Waals surface area contributed by atoms with Crippen molar-refractivity contribution < 1.29 is 13.2 Å². The maximum absolute atomic E-state index is 13.0. The molecule has 2 aromatic rings. The van der Waals surface area contributed by atoms with Gasteiger partial charge in [-0.1, -0.05) is 0 Å². The van der Waals surface area contributed by atoms with E-state index >= 15 is 0 Å². The van der Waals surface area contributed by atoms with Crippen molar-refractivity contribution in [3.8, 4) is 0 Å². The molecule has 3 rings (SSSR count). The van der Waals surface area contributed by atoms with E-state index in [-0.39, 0.29) is 17.3 Å². The van der Waals surface area contributed by atoms with Crippen molar-refractivity contribution in [3.05, 3.63) is 41.2 Å². The van der Waals surface area contributed by atoms with Crippen molar-refractivity contribution in [2.45, 2.75) is 51.6 Å². The Kier molecular flexibility index (Phi) is 5.39. The SMILES string of the molecule is CCn1nc(C)c(CN(C)S(=O)(=O)c2ccc(N3CCCC3=O)cc2)c1C. The maximum atomic E-state index is 13.0. The third-order valence-corrected chi connectivity index (χ3v) is 6.96. The molecule has 0 radical (unpaired) electrons. The van der Waals surface area contributed by atoms with Crippen LogP contribution in [-0.2, 0) is 27.9 Å². The first-order valence-electron chi connectivity index (χ1n) is 9.15. The van der Waals surface area contributed by atoms with E-state index in [9.17, 15) is 13.2 Å². The normalized spacial score (nSPS) is 15.1. The van der Waals surface area contributed by atoms with E-state index in [2.05, 4.69) is 5.10 Å². The molecule has 7 nitrogen and oxygen atoms in total. The number of carbonyl (C=O) groups is 1. The molecule has 0 unspecified atom stereocenters. The number of rotatable bonds is 6. The van der Waals surface area contributed by atoms with E-state index in [0.29, 0.717) is 13.0 Å². The van der Waals surface area contributed by atoms with Gasteiger partial charge < -0.3 is 4.90 Å². The number of amides is 1. The zero-order chi connectivity index (χ0) is 19.8. The van der Waals surface area contributed by atoms with Crippen LogP contribution in [0.25, 0.3) is 0 Å². The second-order valence-electron chi connectivity index (χ2n) is 6.87. The number of hydrogen-bond donors (Lipinski definition) is 0. The molecule has 1 aliphatic heterocycles. The van der Waals surface area contributed by atoms with Crippen LogP contribution in [0.2, 0.25) is 0 Å². The second-order valence-corrected chi connectivity index (χ2v) is 8.91. The smallest absolute Gasteiger partial charge is 0.243 e. The van der Waals surface area contributed by atoms with Crippen LogP contribution in [0.15, 0.2) is 29.2 Å². The summed E-state index contributed by atoms with van der Waals surface area (Å²) in [7, 11) is -2.05. The fraction of sp³-hybridized carbons (Fsp3) is 0.474. The molecule has 1 fully saturated rings. The minimum absolute atomic E-state index is 0.0848. The lowest BCUT2D eigenvalue weighted by atomic mass is 10.2. The van der Waals surface area contributed by atoms with Gasteiger partial charge in [0.25, 0.3) is 0 Å². The van der Waals surface area contributed by atoms with Gasteiger partial charge in [0.2, 0.25) is 15.9 Å². The van der Waals surface area contributed by atoms with Gasteiger partial charge in [-0.3, -0.25) is 9.48 Å². The van der Waals surface area contributed by atoms with E-state index in [1.165, 1.54) is 4.31 Å². The van der Waals surface area contributed by atoms with Crippen LogP contribution in [0, 0.1) is 13.8 Å². The van der Waals surface area contributed by atoms with Gasteiger partial charge in [-0.2, -0.15) is 9.40 Å². The molecule has 0 atom stereocenters. The Hall–Kier alpha value is -2.19. The summed E-state index contributed by atoms with van der Waals surface area (Å²) in [5.74, 6) is 0.0848. The molecule has 1 aromatic heterocycles. The van der Waals surface area contributed by atoms with Gasteiger partial charge in [0.15, 0.2) is 0 Å². The predicted octanol–water partition coefficient (Wildman–Crippen LogP) is 2.47. The molecule has 1 aromatic carbocycles. The number of benzene rings is 1. The molecule has 1 saturated heterocycles. The highest BCUT2D eigenvalue weighted by atomic mass is 32.2. The molecule has 1 amide bonds. The summed E-state index contributed by atoms with van der Waals surface area (Å²) in [6, 6.07) is 6.55. The Balaban J connectivity index is 1.81. The van der Waals surface area contributed by atoms with Crippen molar-refractivity contribution in [3.63, 3.8) is 0 Å². The number of aryl methyl sites for hydroxylation is 2. The van der Waals surface area contributed by atoms with Gasteiger partial charge in [0.05, 0.1) is 10.6 Å². The van der Waals surface area contributed by atoms with Crippen LogP contribution in [0.5, 0.6) is 0 Å². The minimum atomic E-state index is -3.63. The fourth-order valence-electron chi connectivity index (χ4n) is 3.48. The predicted molar refractivity (Wildman–Crippen MR) is 104 cm³/mol. The third-order valence-electron chi connectivity index (χ3n) is 5.14. The van der Waals surface area contributed by atoms with Crippen LogP contribution in [-0.4, -0.2) is 42.0 Å². The number of carbonyl (C=O) groups excluding carboxylic acids is 1. The Morgan fingerprint density at radius 3 is 2.37 bits per heavy atom. The molecule has 2 heterocycles. The Morgan fingerprint density at radius 2 is 1.85 bits per heavy atom. The number of sulfonamides is 1. The third kappa shape index (κ3) is 3.64. The van der Waals surface area contributed by atoms with E-state index in [1.807, 2.05) is 25.5 Å². The average Bonchev–Trinajstić information content (AvgIpc) is 3.19. The molecule has 1 aliphatic rings. The number of nitrogens with zero attached hydrogens (tertiary/aromatic N) is 4. The molecule has 0 N–H and O–H groups in total. The molecule has 0 aliphatic carbocycles. The van der Waals surface area contributed by atoms with Crippen LogP contribution >= 0.6 is 0 Å². The van der Waals surface area contributed by atoms with Gasteiger partial charge >= 0.3 is 0 Å². The first-order chi connectivity index (χ1) is 12.8. The van der Waals surface area contributed by atoms with Crippen molar-refractivity contribution >= 4 is 21.6 Å². The largest absolute Gasteiger partial charge is 0.312 e. The van der Waals surface area contributed by atoms with Crippen LogP contribution in [0.3, 0.4) is 0 Å². The number of anilines is 1. The van der Waals surface area contributed by atoms with Gasteiger partial charge in [-0.15, -0.1) is 0 Å². The summed E-state index contributed by atoms with van der Waals surface area (Å²) < 4.78 is 29.1. The standard InChI is InChI=1S/C19H26N4O3S/c1-5-23-15(3)18(14(2)20-23)13-21(4)27(25,26)17-10-8-16(9-11-17)22-12-6-7-19(22)24/h8-11H,5-7,12-13H2,1-4H3. The van der Waals surface area contributed by atoms with E-state index in [4.69, 9.17) is 0 Å². The van der Waals surface area contributed by atoms with Gasteiger partial charge in [-0.25, -0.2) is 8.42 Å². The van der Waals surface area contributed by atoms with Crippen molar-refractivity contribution in [2.24, 2.45) is 0 Å². The maximum Gasteiger partial charge on any atom is 0.243 e. The summed E-state index contributed by atoms with van der Waals surface area (Å²) in [6.45, 7) is 7.57. The van der Waals surface area contributed by atoms with Crippen LogP contribution in [0.4, 0.5) is 5.69 Å². The molecule has 146 valence electrons. The monoisotopic (exact) mass is 390 g/mol. The summed E-state index contributed by atoms with van der Waals surface area (Å²) >= 11 is 0. The summed E-state index contributed by atoms with van der Waals surface area (Å²) in [5.41, 5.74) is 3.51. The zero-order valence-corrected chi connectivity index (χ0v) is 17.1. The van der Waals surface area contributed by atoms with E-state index in [1.54, 1.807) is 36.2 Å². The van der Waals surface area contributed by atoms with E-state index in [0.717, 1.165) is 35.6 Å². The molecular formula is C19H26N4O3S. The highest BCUT2D eigenvalue weighted by molar-refractivity contribution is 7.89. The number of hydrogen-bond acceptors (Lipinski definition) is 4. The number of aromatic nitrogens is 2. The second kappa shape index (κ2) is 7.44. The topological polar surface area (TPSA) is 75.5 Å². The Labute approximate surface area is 160 Å². The first-order valence-corrected chi connectivity index (χ1v) is 10.6. The van der Waals surface area contributed by atoms with Gasteiger partial charge in [0, 0.05) is 50.0 Å². The Bertz CT molecular complexity index is 948. The summed E-state index contributed by atoms with van der Waals surface area (Å²) in [6.07, 6.45) is 1.39. The highest BCUT2D eigenvalue weighted by Gasteiger charge is 2.25. The Morgan fingerprint density at radius 1 is 1.19 bits per heavy atom. The summed E-state index contributed by atoms with van der Waals surface area (Å²) in [5, 5.41) is 4.46. The minimum Gasteiger partial charge on any atom is -0.312 e. The molecule has 0 bridgehead atoms. The molecule has 27 heavy (non-hydrogen) atoms. The zero-order valence-electron chi connectivity index (χ0n) is 16.3. The van der Waals surface area contributed by atoms with Crippen molar-refractivity contribution in [1.82, 2.24) is 14.1 Å². The lowest BCUT2D eigenvalue weighted by molar-refractivity contribution is -0.117. The van der Waals surface area contributed by atoms with Gasteiger partial charge in [0.1, 0.15) is 0 Å². The lowest BCUT2D eigenvalue weighted by Gasteiger charge is -2.19. The van der Waals surface area contributed by atoms with Gasteiger partial charge in [-0.05, 0) is 51.5 Å². The molecule has 8 heteroatoms. The fourth-order valence-corrected chi connectivity index (χ4v) is 4.62. The van der Waals surface area contributed by atoms with Crippen molar-refractivity contribution in [1.29, 1.82) is 0 Å². The molecule has 0 saturated carbocycles. The first kappa shape index (κ1) is 19.6. The molecule has 0 spiro atoms. The van der Waals surface area contributed by atoms with Crippen LogP contribution in [0.1, 0.15) is 36.7 Å². The van der Waals surface area contributed by atoms with E-state index < -0.39 is 10.0 Å². The van der Waals surface area contributed by atoms with Crippen LogP contribution < -0.4 is 4.90 Å². The quantitative estimate of drug-likeness (QED) is 0.759. The lowest BCUT2D eigenvalue weighted by Crippen LogP contribution is -2.27.